The van der Waals surface area contributed by atoms with Crippen LogP contribution in [0.4, 0.5) is 0 Å². The van der Waals surface area contributed by atoms with Gasteiger partial charge >= 0.3 is 5.97 Å². The average molecular weight is 387 g/mol. The van der Waals surface area contributed by atoms with Gasteiger partial charge in [0.25, 0.3) is 5.56 Å². The maximum absolute atomic E-state index is 12.1. The van der Waals surface area contributed by atoms with Gasteiger partial charge in [0.2, 0.25) is 0 Å². The number of aryl methyl sites for hydroxylation is 1. The Labute approximate surface area is 159 Å². The van der Waals surface area contributed by atoms with Crippen LogP contribution in [0, 0.1) is 0 Å². The lowest BCUT2D eigenvalue weighted by molar-refractivity contribution is 0.0458. The number of para-hydroxylation sites is 1. The van der Waals surface area contributed by atoms with Crippen LogP contribution in [0.1, 0.15) is 16.2 Å². The monoisotopic (exact) mass is 387 g/mol. The smallest absolute Gasteiger partial charge is 0.359 e. The van der Waals surface area contributed by atoms with Crippen molar-refractivity contribution in [2.24, 2.45) is 7.05 Å². The highest BCUT2D eigenvalue weighted by molar-refractivity contribution is 7.13. The zero-order valence-corrected chi connectivity index (χ0v) is 15.8. The number of hydrogen-bond acceptors (Lipinski definition) is 8. The van der Waals surface area contributed by atoms with Gasteiger partial charge in [-0.1, -0.05) is 6.07 Å². The number of thiazole rings is 1. The Bertz CT molecular complexity index is 1030. The molecule has 0 saturated heterocycles. The summed E-state index contributed by atoms with van der Waals surface area (Å²) in [7, 11) is 4.60. The number of esters is 1. The quantitative estimate of drug-likeness (QED) is 0.599. The van der Waals surface area contributed by atoms with Crippen molar-refractivity contribution in [1.29, 1.82) is 0 Å². The molecule has 0 fully saturated rings. The minimum absolute atomic E-state index is 0.00780. The maximum Gasteiger partial charge on any atom is 0.359 e. The van der Waals surface area contributed by atoms with E-state index >= 15 is 0 Å². The normalized spacial score (nSPS) is 10.5. The molecule has 0 amide bonds. The highest BCUT2D eigenvalue weighted by Crippen LogP contribution is 2.38. The topological polar surface area (TPSA) is 92.5 Å². The molecule has 140 valence electrons. The fraction of sp³-hybridized carbons (Fsp3) is 0.222. The van der Waals surface area contributed by atoms with Gasteiger partial charge in [-0.05, 0) is 18.2 Å². The van der Waals surface area contributed by atoms with E-state index in [-0.39, 0.29) is 17.9 Å². The van der Waals surface area contributed by atoms with E-state index in [4.69, 9.17) is 14.2 Å². The molecule has 0 aliphatic carbocycles. The molecule has 0 unspecified atom stereocenters. The predicted molar refractivity (Wildman–Crippen MR) is 99.3 cm³/mol. The van der Waals surface area contributed by atoms with Crippen molar-refractivity contribution in [3.8, 4) is 22.1 Å². The van der Waals surface area contributed by atoms with Crippen LogP contribution in [0.5, 0.6) is 11.5 Å². The zero-order valence-electron chi connectivity index (χ0n) is 15.0. The summed E-state index contributed by atoms with van der Waals surface area (Å²) in [5, 5.41) is 6.38. The van der Waals surface area contributed by atoms with E-state index in [1.807, 2.05) is 12.1 Å². The summed E-state index contributed by atoms with van der Waals surface area (Å²) in [4.78, 5) is 27.9. The van der Waals surface area contributed by atoms with Crippen molar-refractivity contribution < 1.29 is 19.0 Å². The van der Waals surface area contributed by atoms with Crippen LogP contribution in [-0.4, -0.2) is 35.0 Å². The van der Waals surface area contributed by atoms with E-state index in [2.05, 4.69) is 10.1 Å². The number of benzene rings is 1. The summed E-state index contributed by atoms with van der Waals surface area (Å²) < 4.78 is 17.0. The molecule has 2 aromatic heterocycles. The first-order valence-corrected chi connectivity index (χ1v) is 8.78. The van der Waals surface area contributed by atoms with Gasteiger partial charge in [-0.3, -0.25) is 4.79 Å². The molecule has 0 spiro atoms. The number of aromatic nitrogens is 3. The Hall–Kier alpha value is -3.20. The van der Waals surface area contributed by atoms with Crippen LogP contribution in [-0.2, 0) is 18.4 Å². The molecule has 0 aliphatic rings. The second kappa shape index (κ2) is 8.00. The fourth-order valence-electron chi connectivity index (χ4n) is 2.38. The van der Waals surface area contributed by atoms with E-state index in [1.54, 1.807) is 25.7 Å². The second-order valence-corrected chi connectivity index (χ2v) is 6.30. The summed E-state index contributed by atoms with van der Waals surface area (Å²) in [6, 6.07) is 8.13. The number of rotatable bonds is 6. The molecule has 27 heavy (non-hydrogen) atoms. The average Bonchev–Trinajstić information content (AvgIpc) is 3.16. The molecule has 0 atom stereocenters. The number of nitrogens with zero attached hydrogens (tertiary/aromatic N) is 3. The van der Waals surface area contributed by atoms with Crippen LogP contribution >= 0.6 is 11.3 Å². The first-order chi connectivity index (χ1) is 13.0. The number of ether oxygens (including phenoxy) is 3. The largest absolute Gasteiger partial charge is 0.493 e. The molecule has 9 heteroatoms. The maximum atomic E-state index is 12.1. The van der Waals surface area contributed by atoms with Crippen molar-refractivity contribution in [1.82, 2.24) is 14.8 Å². The van der Waals surface area contributed by atoms with E-state index in [0.29, 0.717) is 17.2 Å². The van der Waals surface area contributed by atoms with Gasteiger partial charge < -0.3 is 14.2 Å². The van der Waals surface area contributed by atoms with Crippen LogP contribution in [0.25, 0.3) is 10.6 Å². The van der Waals surface area contributed by atoms with Gasteiger partial charge in [0.1, 0.15) is 11.6 Å². The van der Waals surface area contributed by atoms with Crippen molar-refractivity contribution in [3.05, 3.63) is 57.5 Å². The summed E-state index contributed by atoms with van der Waals surface area (Å²) >= 11 is 1.40. The van der Waals surface area contributed by atoms with Gasteiger partial charge in [0.15, 0.2) is 17.2 Å². The fourth-order valence-corrected chi connectivity index (χ4v) is 3.20. The summed E-state index contributed by atoms with van der Waals surface area (Å²) in [6.07, 6.45) is 0. The van der Waals surface area contributed by atoms with E-state index in [9.17, 15) is 9.59 Å². The van der Waals surface area contributed by atoms with Crippen molar-refractivity contribution >= 4 is 17.3 Å². The molecule has 0 N–H and O–H groups in total. The van der Waals surface area contributed by atoms with Gasteiger partial charge in [0, 0.05) is 18.5 Å². The predicted octanol–water partition coefficient (Wildman–Crippen LogP) is 2.28. The van der Waals surface area contributed by atoms with Gasteiger partial charge in [-0.2, -0.15) is 5.10 Å². The molecule has 2 heterocycles. The molecule has 0 aliphatic heterocycles. The van der Waals surface area contributed by atoms with E-state index < -0.39 is 5.97 Å². The Morgan fingerprint density at radius 3 is 2.70 bits per heavy atom. The molecule has 0 radical (unpaired) electrons. The lowest BCUT2D eigenvalue weighted by atomic mass is 10.2. The zero-order chi connectivity index (χ0) is 19.4. The highest BCUT2D eigenvalue weighted by atomic mass is 32.1. The number of carbonyl (C=O) groups excluding carboxylic acids is 1. The highest BCUT2D eigenvalue weighted by Gasteiger charge is 2.16. The van der Waals surface area contributed by atoms with Gasteiger partial charge in [0.05, 0.1) is 25.5 Å². The van der Waals surface area contributed by atoms with Crippen molar-refractivity contribution in [2.75, 3.05) is 14.2 Å². The molecule has 8 nitrogen and oxygen atoms in total. The van der Waals surface area contributed by atoms with Gasteiger partial charge in [-0.15, -0.1) is 11.3 Å². The molecule has 3 aromatic rings. The van der Waals surface area contributed by atoms with Crippen molar-refractivity contribution in [2.45, 2.75) is 6.61 Å². The first kappa shape index (κ1) is 18.6. The molecule has 0 bridgehead atoms. The molecular formula is C18H17N3O5S. The Morgan fingerprint density at radius 2 is 2.00 bits per heavy atom. The standard InChI is InChI=1S/C18H17N3O5S/c1-21-15(22)8-7-13(20-21)18(23)26-9-11-10-27-17(19-11)12-5-4-6-14(24-2)16(12)25-3/h4-8,10H,9H2,1-3H3. The van der Waals surface area contributed by atoms with Crippen LogP contribution in [0.15, 0.2) is 40.5 Å². The third-order valence-corrected chi connectivity index (χ3v) is 4.63. The second-order valence-electron chi connectivity index (χ2n) is 5.44. The third-order valence-electron chi connectivity index (χ3n) is 3.71. The van der Waals surface area contributed by atoms with Crippen molar-refractivity contribution in [3.63, 3.8) is 0 Å². The van der Waals surface area contributed by atoms with Crippen LogP contribution < -0.4 is 15.0 Å². The lowest BCUT2D eigenvalue weighted by Gasteiger charge is -2.10. The number of carbonyl (C=O) groups is 1. The Kier molecular flexibility index (Phi) is 5.51. The Morgan fingerprint density at radius 1 is 1.19 bits per heavy atom. The van der Waals surface area contributed by atoms with Crippen LogP contribution in [0.3, 0.4) is 0 Å². The minimum Gasteiger partial charge on any atom is -0.493 e. The molecule has 0 saturated carbocycles. The SMILES string of the molecule is COc1cccc(-c2nc(COC(=O)c3ccc(=O)n(C)n3)cs2)c1OC. The summed E-state index contributed by atoms with van der Waals surface area (Å²) in [6.45, 7) is -0.00780. The molecule has 1 aromatic carbocycles. The van der Waals surface area contributed by atoms with E-state index in [1.165, 1.54) is 30.5 Å². The molecule has 3 rings (SSSR count). The Balaban J connectivity index is 1.74. The van der Waals surface area contributed by atoms with E-state index in [0.717, 1.165) is 15.3 Å². The van der Waals surface area contributed by atoms with Crippen LogP contribution in [0.2, 0.25) is 0 Å². The number of hydrogen-bond donors (Lipinski definition) is 0. The number of methoxy groups -OCH3 is 2. The third kappa shape index (κ3) is 3.98. The molecular weight excluding hydrogens is 370 g/mol. The summed E-state index contributed by atoms with van der Waals surface area (Å²) in [5.74, 6) is 0.574. The van der Waals surface area contributed by atoms with Gasteiger partial charge in [-0.25, -0.2) is 14.5 Å². The summed E-state index contributed by atoms with van der Waals surface area (Å²) in [5.41, 5.74) is 1.14. The first-order valence-electron chi connectivity index (χ1n) is 7.90. The minimum atomic E-state index is -0.626. The lowest BCUT2D eigenvalue weighted by Crippen LogP contribution is -2.21.